The molecule has 0 aliphatic rings. The third-order valence-electron chi connectivity index (χ3n) is 2.68. The highest BCUT2D eigenvalue weighted by molar-refractivity contribution is 4.89. The molecule has 0 bridgehead atoms. The van der Waals surface area contributed by atoms with E-state index in [2.05, 4.69) is 55.5 Å². The summed E-state index contributed by atoms with van der Waals surface area (Å²) in [5.74, 6) is 2.04. The third kappa shape index (κ3) is 6.11. The lowest BCUT2D eigenvalue weighted by Crippen LogP contribution is -2.26. The van der Waals surface area contributed by atoms with Crippen molar-refractivity contribution in [2.45, 2.75) is 47.2 Å². The van der Waals surface area contributed by atoms with Crippen LogP contribution in [0, 0.1) is 11.8 Å². The van der Waals surface area contributed by atoms with E-state index in [1.54, 1.807) is 0 Å². The first-order valence-electron chi connectivity index (χ1n) is 7.07. The van der Waals surface area contributed by atoms with Crippen molar-refractivity contribution < 1.29 is 4.74 Å². The van der Waals surface area contributed by atoms with Gasteiger partial charge in [0.1, 0.15) is 0 Å². The largest absolute Gasteiger partial charge is 0.379 e. The maximum atomic E-state index is 5.56. The molecule has 0 aliphatic carbocycles. The van der Waals surface area contributed by atoms with E-state index < -0.39 is 0 Å². The van der Waals surface area contributed by atoms with Crippen LogP contribution in [0.5, 0.6) is 0 Å². The predicted molar refractivity (Wildman–Crippen MR) is 74.7 cm³/mol. The predicted octanol–water partition coefficient (Wildman–Crippen LogP) is 1.65. The summed E-state index contributed by atoms with van der Waals surface area (Å²) in [6.45, 7) is 13.8. The van der Waals surface area contributed by atoms with Gasteiger partial charge in [-0.25, -0.2) is 4.68 Å². The lowest BCUT2D eigenvalue weighted by Gasteiger charge is -2.15. The molecule has 1 N–H and O–H groups in total. The number of hydrogen-bond acceptors (Lipinski definition) is 5. The van der Waals surface area contributed by atoms with Crippen molar-refractivity contribution in [2.24, 2.45) is 11.8 Å². The Hall–Kier alpha value is -1.01. The van der Waals surface area contributed by atoms with Crippen LogP contribution < -0.4 is 5.32 Å². The Morgan fingerprint density at radius 3 is 2.53 bits per heavy atom. The lowest BCUT2D eigenvalue weighted by molar-refractivity contribution is 0.0997. The number of nitrogens with one attached hydrogen (secondary N) is 1. The van der Waals surface area contributed by atoms with Gasteiger partial charge >= 0.3 is 0 Å². The molecule has 1 aromatic heterocycles. The van der Waals surface area contributed by atoms with Crippen molar-refractivity contribution in [1.82, 2.24) is 25.5 Å². The Bertz CT molecular complexity index is 351. The monoisotopic (exact) mass is 269 g/mol. The quantitative estimate of drug-likeness (QED) is 0.691. The van der Waals surface area contributed by atoms with Crippen LogP contribution in [0.3, 0.4) is 0 Å². The molecule has 0 radical (unpaired) electrons. The van der Waals surface area contributed by atoms with Crippen LogP contribution in [0.15, 0.2) is 0 Å². The van der Waals surface area contributed by atoms with E-state index in [1.165, 1.54) is 0 Å². The molecule has 19 heavy (non-hydrogen) atoms. The first-order chi connectivity index (χ1) is 9.00. The maximum absolute atomic E-state index is 5.56. The molecule has 6 heteroatoms. The Morgan fingerprint density at radius 2 is 1.89 bits per heavy atom. The van der Waals surface area contributed by atoms with Crippen LogP contribution in [-0.4, -0.2) is 40.0 Å². The average Bonchev–Trinajstić information content (AvgIpc) is 2.79. The molecule has 0 spiro atoms. The number of ether oxygens (including phenoxy) is 1. The van der Waals surface area contributed by atoms with Gasteiger partial charge in [-0.2, -0.15) is 0 Å². The highest BCUT2D eigenvalue weighted by Crippen LogP contribution is 2.08. The normalized spacial score (nSPS) is 13.4. The molecule has 1 aromatic rings. The minimum atomic E-state index is 0.155. The minimum Gasteiger partial charge on any atom is -0.379 e. The van der Waals surface area contributed by atoms with Gasteiger partial charge in [0.25, 0.3) is 0 Å². The van der Waals surface area contributed by atoms with Crippen molar-refractivity contribution in [1.29, 1.82) is 0 Å². The first-order valence-corrected chi connectivity index (χ1v) is 7.07. The second-order valence-electron chi connectivity index (χ2n) is 5.75. The number of tetrazole rings is 1. The van der Waals surface area contributed by atoms with Crippen molar-refractivity contribution in [3.63, 3.8) is 0 Å². The van der Waals surface area contributed by atoms with Gasteiger partial charge in [-0.1, -0.05) is 27.7 Å². The van der Waals surface area contributed by atoms with Crippen LogP contribution >= 0.6 is 0 Å². The second-order valence-corrected chi connectivity index (χ2v) is 5.75. The van der Waals surface area contributed by atoms with E-state index in [0.717, 1.165) is 19.0 Å². The summed E-state index contributed by atoms with van der Waals surface area (Å²) in [5, 5.41) is 15.3. The molecule has 0 fully saturated rings. The number of aromatic nitrogens is 4. The van der Waals surface area contributed by atoms with E-state index in [4.69, 9.17) is 4.74 Å². The molecule has 1 unspecified atom stereocenters. The van der Waals surface area contributed by atoms with Gasteiger partial charge in [-0.05, 0) is 35.7 Å². The fourth-order valence-corrected chi connectivity index (χ4v) is 1.65. The summed E-state index contributed by atoms with van der Waals surface area (Å²) >= 11 is 0. The highest BCUT2D eigenvalue weighted by atomic mass is 16.5. The summed E-state index contributed by atoms with van der Waals surface area (Å²) in [6.07, 6.45) is 0. The first kappa shape index (κ1) is 16.0. The van der Waals surface area contributed by atoms with Crippen LogP contribution in [0.4, 0.5) is 0 Å². The fourth-order valence-electron chi connectivity index (χ4n) is 1.65. The fraction of sp³-hybridized carbons (Fsp3) is 0.923. The summed E-state index contributed by atoms with van der Waals surface area (Å²) in [4.78, 5) is 0. The lowest BCUT2D eigenvalue weighted by atomic mass is 10.2. The minimum absolute atomic E-state index is 0.155. The Balaban J connectivity index is 2.41. The summed E-state index contributed by atoms with van der Waals surface area (Å²) in [5.41, 5.74) is 0. The second kappa shape index (κ2) is 8.22. The van der Waals surface area contributed by atoms with Crippen LogP contribution in [-0.2, 0) is 11.3 Å². The van der Waals surface area contributed by atoms with Crippen molar-refractivity contribution in [3.8, 4) is 0 Å². The standard InChI is InChI=1S/C13H27N5O/c1-10(2)8-14-12(5)13-15-16-17-18(13)6-7-19-9-11(3)4/h10-12,14H,6-9H2,1-5H3. The highest BCUT2D eigenvalue weighted by Gasteiger charge is 2.14. The number of rotatable bonds is 9. The SMILES string of the molecule is CC(C)CNC(C)c1nnnn1CCOCC(C)C. The van der Waals surface area contributed by atoms with Crippen molar-refractivity contribution in [3.05, 3.63) is 5.82 Å². The van der Waals surface area contributed by atoms with E-state index in [1.807, 2.05) is 4.68 Å². The third-order valence-corrected chi connectivity index (χ3v) is 2.68. The summed E-state index contributed by atoms with van der Waals surface area (Å²) in [6, 6.07) is 0.155. The Morgan fingerprint density at radius 1 is 1.16 bits per heavy atom. The molecule has 1 rings (SSSR count). The van der Waals surface area contributed by atoms with Gasteiger partial charge < -0.3 is 10.1 Å². The molecule has 110 valence electrons. The van der Waals surface area contributed by atoms with E-state index >= 15 is 0 Å². The summed E-state index contributed by atoms with van der Waals surface area (Å²) in [7, 11) is 0. The van der Waals surface area contributed by atoms with Crippen molar-refractivity contribution in [2.75, 3.05) is 19.8 Å². The van der Waals surface area contributed by atoms with Crippen LogP contribution in [0.2, 0.25) is 0 Å². The van der Waals surface area contributed by atoms with Crippen LogP contribution in [0.1, 0.15) is 46.5 Å². The van der Waals surface area contributed by atoms with Crippen LogP contribution in [0.25, 0.3) is 0 Å². The molecule has 6 nitrogen and oxygen atoms in total. The summed E-state index contributed by atoms with van der Waals surface area (Å²) < 4.78 is 7.38. The number of hydrogen-bond donors (Lipinski definition) is 1. The molecule has 0 aromatic carbocycles. The Labute approximate surface area is 115 Å². The smallest absolute Gasteiger partial charge is 0.168 e. The van der Waals surface area contributed by atoms with Crippen molar-refractivity contribution >= 4 is 0 Å². The number of nitrogens with zero attached hydrogens (tertiary/aromatic N) is 4. The average molecular weight is 269 g/mol. The van der Waals surface area contributed by atoms with E-state index in [9.17, 15) is 0 Å². The zero-order chi connectivity index (χ0) is 14.3. The Kier molecular flexibility index (Phi) is 6.94. The van der Waals surface area contributed by atoms with Gasteiger partial charge in [-0.15, -0.1) is 5.10 Å². The molecule has 1 heterocycles. The molecular formula is C13H27N5O. The molecule has 0 saturated carbocycles. The molecule has 1 atom stereocenters. The zero-order valence-electron chi connectivity index (χ0n) is 12.8. The van der Waals surface area contributed by atoms with Gasteiger partial charge in [0.05, 0.1) is 19.2 Å². The molecule has 0 saturated heterocycles. The van der Waals surface area contributed by atoms with Gasteiger partial charge in [0.2, 0.25) is 0 Å². The van der Waals surface area contributed by atoms with Gasteiger partial charge in [0, 0.05) is 6.61 Å². The maximum Gasteiger partial charge on any atom is 0.168 e. The van der Waals surface area contributed by atoms with Gasteiger partial charge in [-0.3, -0.25) is 0 Å². The molecule has 0 amide bonds. The van der Waals surface area contributed by atoms with E-state index in [0.29, 0.717) is 25.0 Å². The van der Waals surface area contributed by atoms with Gasteiger partial charge in [0.15, 0.2) is 5.82 Å². The van der Waals surface area contributed by atoms with E-state index in [-0.39, 0.29) is 6.04 Å². The molecular weight excluding hydrogens is 242 g/mol. The molecule has 0 aliphatic heterocycles. The topological polar surface area (TPSA) is 64.9 Å². The zero-order valence-corrected chi connectivity index (χ0v) is 12.8.